The molecule has 4 aliphatic heterocycles. The lowest BCUT2D eigenvalue weighted by molar-refractivity contribution is -0.136. The first-order valence-corrected chi connectivity index (χ1v) is 15.0. The number of nitrogens with zero attached hydrogens (tertiary/aromatic N) is 2. The minimum absolute atomic E-state index is 0.0556. The van der Waals surface area contributed by atoms with Crippen molar-refractivity contribution in [2.24, 2.45) is 11.8 Å². The lowest BCUT2D eigenvalue weighted by Crippen LogP contribution is -2.52. The highest BCUT2D eigenvalue weighted by Gasteiger charge is 2.41. The van der Waals surface area contributed by atoms with Gasteiger partial charge in [0.15, 0.2) is 5.82 Å². The number of halogens is 1. The fourth-order valence-corrected chi connectivity index (χ4v) is 7.43. The van der Waals surface area contributed by atoms with E-state index in [1.165, 1.54) is 50.1 Å². The number of ether oxygens (including phenoxy) is 1. The highest BCUT2D eigenvalue weighted by atomic mass is 19.1. The number of fused-ring (bicyclic) bond motifs is 1. The molecule has 1 unspecified atom stereocenters. The van der Waals surface area contributed by atoms with Crippen molar-refractivity contribution in [1.29, 1.82) is 0 Å². The van der Waals surface area contributed by atoms with Gasteiger partial charge >= 0.3 is 0 Å². The van der Waals surface area contributed by atoms with Crippen LogP contribution >= 0.6 is 0 Å². The van der Waals surface area contributed by atoms with Crippen LogP contribution < -0.4 is 15.5 Å². The molecule has 9 heteroatoms. The maximum absolute atomic E-state index is 15.7. The normalized spacial score (nSPS) is 29.1. The van der Waals surface area contributed by atoms with E-state index in [0.717, 1.165) is 50.6 Å². The molecule has 0 bridgehead atoms. The third-order valence-corrected chi connectivity index (χ3v) is 9.72. The molecule has 5 aliphatic rings. The molecule has 4 heterocycles. The number of piperidine rings is 3. The minimum atomic E-state index is -0.738. The number of carbonyl (C=O) groups excluding carboxylic acids is 3. The van der Waals surface area contributed by atoms with Gasteiger partial charge in [0, 0.05) is 30.6 Å². The monoisotopic (exact) mass is 540 g/mol. The molecule has 1 aromatic rings. The molecule has 3 saturated heterocycles. The van der Waals surface area contributed by atoms with Gasteiger partial charge in [-0.1, -0.05) is 0 Å². The lowest BCUT2D eigenvalue weighted by atomic mass is 9.79. The van der Waals surface area contributed by atoms with Gasteiger partial charge in [-0.25, -0.2) is 4.39 Å². The number of amides is 3. The van der Waals surface area contributed by atoms with Gasteiger partial charge in [0.25, 0.3) is 5.91 Å². The molecule has 39 heavy (non-hydrogen) atoms. The van der Waals surface area contributed by atoms with Crippen molar-refractivity contribution in [2.45, 2.75) is 95.4 Å². The van der Waals surface area contributed by atoms with Crippen LogP contribution in [-0.4, -0.2) is 67.1 Å². The third-order valence-electron chi connectivity index (χ3n) is 9.72. The Morgan fingerprint density at radius 3 is 2.28 bits per heavy atom. The van der Waals surface area contributed by atoms with Gasteiger partial charge in [-0.3, -0.25) is 19.7 Å². The second kappa shape index (κ2) is 11.5. The molecule has 1 saturated carbocycles. The van der Waals surface area contributed by atoms with E-state index in [-0.39, 0.29) is 43.1 Å². The summed E-state index contributed by atoms with van der Waals surface area (Å²) in [5.41, 5.74) is 1.18. The van der Waals surface area contributed by atoms with Crippen LogP contribution in [0.2, 0.25) is 0 Å². The van der Waals surface area contributed by atoms with Crippen LogP contribution in [0.25, 0.3) is 0 Å². The van der Waals surface area contributed by atoms with Crippen molar-refractivity contribution >= 4 is 23.4 Å². The quantitative estimate of drug-likeness (QED) is 0.537. The molecule has 1 aliphatic carbocycles. The number of benzene rings is 1. The lowest BCUT2D eigenvalue weighted by Gasteiger charge is -2.38. The Balaban J connectivity index is 0.997. The fraction of sp³-hybridized carbons (Fsp3) is 0.700. The predicted molar refractivity (Wildman–Crippen MR) is 145 cm³/mol. The van der Waals surface area contributed by atoms with E-state index in [9.17, 15) is 14.4 Å². The van der Waals surface area contributed by atoms with Crippen LogP contribution in [0.5, 0.6) is 0 Å². The van der Waals surface area contributed by atoms with Gasteiger partial charge in [-0.05, 0) is 101 Å². The summed E-state index contributed by atoms with van der Waals surface area (Å²) in [5, 5.41) is 5.76. The SMILES string of the molecule is O=C1CCC(N2Cc3c(ccc(N4CCC(OC5CCC(CC6CCNCC6)CC5)CC4)c3F)C2=O)C(=O)N1. The number of hydrogen-bond acceptors (Lipinski definition) is 6. The summed E-state index contributed by atoms with van der Waals surface area (Å²) >= 11 is 0. The zero-order valence-electron chi connectivity index (χ0n) is 22.8. The summed E-state index contributed by atoms with van der Waals surface area (Å²) in [6, 6.07) is 2.65. The average molecular weight is 541 g/mol. The number of carbonyl (C=O) groups is 3. The highest BCUT2D eigenvalue weighted by Crippen LogP contribution is 2.37. The first kappa shape index (κ1) is 26.7. The summed E-state index contributed by atoms with van der Waals surface area (Å²) in [5.74, 6) is 0.225. The Morgan fingerprint density at radius 1 is 0.872 bits per heavy atom. The van der Waals surface area contributed by atoms with Crippen LogP contribution in [0, 0.1) is 17.7 Å². The van der Waals surface area contributed by atoms with Crippen LogP contribution in [0.15, 0.2) is 12.1 Å². The Bertz CT molecular complexity index is 1090. The van der Waals surface area contributed by atoms with E-state index < -0.39 is 11.9 Å². The van der Waals surface area contributed by atoms with Crippen LogP contribution in [0.4, 0.5) is 10.1 Å². The van der Waals surface area contributed by atoms with Crippen LogP contribution in [0.3, 0.4) is 0 Å². The van der Waals surface area contributed by atoms with Crippen molar-refractivity contribution in [1.82, 2.24) is 15.5 Å². The van der Waals surface area contributed by atoms with Gasteiger partial charge in [0.05, 0.1) is 24.4 Å². The van der Waals surface area contributed by atoms with Gasteiger partial charge in [0.2, 0.25) is 11.8 Å². The number of rotatable bonds is 6. The van der Waals surface area contributed by atoms with Crippen LogP contribution in [0.1, 0.15) is 86.6 Å². The Labute approximate surface area is 230 Å². The molecule has 6 rings (SSSR count). The summed E-state index contributed by atoms with van der Waals surface area (Å²) in [4.78, 5) is 40.3. The van der Waals surface area contributed by atoms with Crippen molar-refractivity contribution in [3.05, 3.63) is 29.1 Å². The van der Waals surface area contributed by atoms with Crippen molar-refractivity contribution in [2.75, 3.05) is 31.1 Å². The number of nitrogens with one attached hydrogen (secondary N) is 2. The minimum Gasteiger partial charge on any atom is -0.375 e. The molecule has 3 amide bonds. The van der Waals surface area contributed by atoms with Crippen molar-refractivity contribution in [3.63, 3.8) is 0 Å². The van der Waals surface area contributed by atoms with Gasteiger partial charge < -0.3 is 19.9 Å². The number of hydrogen-bond donors (Lipinski definition) is 2. The molecular weight excluding hydrogens is 499 g/mol. The van der Waals surface area contributed by atoms with E-state index in [1.54, 1.807) is 12.1 Å². The molecule has 4 fully saturated rings. The topological polar surface area (TPSA) is 91.0 Å². The molecule has 1 atom stereocenters. The fourth-order valence-electron chi connectivity index (χ4n) is 7.43. The molecule has 0 aromatic heterocycles. The maximum Gasteiger partial charge on any atom is 0.255 e. The standard InChI is InChI=1S/C30H41FN4O4/c31-28-24-18-35(26-7-8-27(36)33-29(26)37)30(38)23(24)5-6-25(28)34-15-11-22(12-16-34)39-21-3-1-19(2-4-21)17-20-9-13-32-14-10-20/h5-6,19-22,26,32H,1-4,7-18H2,(H,33,36,37). The summed E-state index contributed by atoms with van der Waals surface area (Å²) < 4.78 is 22.2. The molecule has 0 radical (unpaired) electrons. The molecular formula is C30H41FN4O4. The van der Waals surface area contributed by atoms with E-state index in [4.69, 9.17) is 4.74 Å². The van der Waals surface area contributed by atoms with E-state index in [1.807, 2.05) is 0 Å². The zero-order valence-corrected chi connectivity index (χ0v) is 22.8. The first-order valence-electron chi connectivity index (χ1n) is 15.0. The number of anilines is 1. The summed E-state index contributed by atoms with van der Waals surface area (Å²) in [7, 11) is 0. The zero-order chi connectivity index (χ0) is 26.9. The van der Waals surface area contributed by atoms with E-state index in [2.05, 4.69) is 15.5 Å². The van der Waals surface area contributed by atoms with Crippen molar-refractivity contribution < 1.29 is 23.5 Å². The van der Waals surface area contributed by atoms with Gasteiger partial charge in [0.1, 0.15) is 6.04 Å². The van der Waals surface area contributed by atoms with Gasteiger partial charge in [-0.15, -0.1) is 0 Å². The van der Waals surface area contributed by atoms with E-state index >= 15 is 4.39 Å². The Kier molecular flexibility index (Phi) is 7.89. The summed E-state index contributed by atoms with van der Waals surface area (Å²) in [6.45, 7) is 3.85. The molecule has 212 valence electrons. The molecule has 2 N–H and O–H groups in total. The molecule has 8 nitrogen and oxygen atoms in total. The Morgan fingerprint density at radius 2 is 1.56 bits per heavy atom. The first-order chi connectivity index (χ1) is 19.0. The molecule has 0 spiro atoms. The van der Waals surface area contributed by atoms with Gasteiger partial charge in [-0.2, -0.15) is 0 Å². The predicted octanol–water partition coefficient (Wildman–Crippen LogP) is 3.52. The maximum atomic E-state index is 15.7. The van der Waals surface area contributed by atoms with Crippen molar-refractivity contribution in [3.8, 4) is 0 Å². The second-order valence-corrected chi connectivity index (χ2v) is 12.2. The Hall–Kier alpha value is -2.52. The summed E-state index contributed by atoms with van der Waals surface area (Å²) in [6.07, 6.45) is 11.7. The van der Waals surface area contributed by atoms with Crippen LogP contribution in [-0.2, 0) is 20.9 Å². The molecule has 1 aromatic carbocycles. The largest absolute Gasteiger partial charge is 0.375 e. The van der Waals surface area contributed by atoms with E-state index in [0.29, 0.717) is 22.9 Å². The second-order valence-electron chi connectivity index (χ2n) is 12.2. The highest BCUT2D eigenvalue weighted by molar-refractivity contribution is 6.05. The number of imide groups is 1. The average Bonchev–Trinajstić information content (AvgIpc) is 3.28. The smallest absolute Gasteiger partial charge is 0.255 e. The third kappa shape index (κ3) is 5.71.